The van der Waals surface area contributed by atoms with Gasteiger partial charge < -0.3 is 10.2 Å². The Kier molecular flexibility index (Phi) is 5.14. The van der Waals surface area contributed by atoms with Gasteiger partial charge in [-0.2, -0.15) is 0 Å². The van der Waals surface area contributed by atoms with Crippen LogP contribution >= 0.6 is 11.6 Å². The molecule has 0 bridgehead atoms. The Morgan fingerprint density at radius 2 is 1.62 bits per heavy atom. The minimum Gasteiger partial charge on any atom is -0.368 e. The van der Waals surface area contributed by atoms with Gasteiger partial charge in [-0.1, -0.05) is 54.1 Å². The second-order valence-electron chi connectivity index (χ2n) is 7.07. The van der Waals surface area contributed by atoms with Crippen molar-refractivity contribution in [1.29, 1.82) is 0 Å². The Balaban J connectivity index is 1.49. The van der Waals surface area contributed by atoms with E-state index in [4.69, 9.17) is 11.6 Å². The van der Waals surface area contributed by atoms with Crippen LogP contribution in [0.2, 0.25) is 5.02 Å². The predicted molar refractivity (Wildman–Crippen MR) is 106 cm³/mol. The molecule has 1 saturated heterocycles. The molecule has 26 heavy (non-hydrogen) atoms. The summed E-state index contributed by atoms with van der Waals surface area (Å²) < 4.78 is 0. The SMILES string of the molecule is O=C(NC1CC1)[C@H](c1ccccc1)N1CCN(c2ccccc2Cl)CC1. The van der Waals surface area contributed by atoms with Crippen LogP contribution in [0.25, 0.3) is 0 Å². The number of hydrogen-bond donors (Lipinski definition) is 1. The van der Waals surface area contributed by atoms with E-state index in [0.29, 0.717) is 6.04 Å². The highest BCUT2D eigenvalue weighted by Gasteiger charge is 2.33. The molecule has 0 unspecified atom stereocenters. The van der Waals surface area contributed by atoms with Crippen LogP contribution in [0.15, 0.2) is 54.6 Å². The lowest BCUT2D eigenvalue weighted by Crippen LogP contribution is -2.51. The summed E-state index contributed by atoms with van der Waals surface area (Å²) in [4.78, 5) is 17.5. The summed E-state index contributed by atoms with van der Waals surface area (Å²) >= 11 is 6.35. The van der Waals surface area contributed by atoms with E-state index in [1.165, 1.54) is 0 Å². The van der Waals surface area contributed by atoms with Crippen molar-refractivity contribution in [2.24, 2.45) is 0 Å². The van der Waals surface area contributed by atoms with Crippen molar-refractivity contribution in [2.45, 2.75) is 24.9 Å². The summed E-state index contributed by atoms with van der Waals surface area (Å²) in [6.45, 7) is 3.40. The molecular weight excluding hydrogens is 346 g/mol. The molecule has 0 radical (unpaired) electrons. The lowest BCUT2D eigenvalue weighted by atomic mass is 10.0. The number of piperazine rings is 1. The number of anilines is 1. The number of halogens is 1. The van der Waals surface area contributed by atoms with Crippen molar-refractivity contribution in [3.05, 3.63) is 65.2 Å². The number of para-hydroxylation sites is 1. The Morgan fingerprint density at radius 1 is 0.962 bits per heavy atom. The Labute approximate surface area is 159 Å². The first-order valence-corrected chi connectivity index (χ1v) is 9.69. The van der Waals surface area contributed by atoms with Gasteiger partial charge in [0.15, 0.2) is 0 Å². The smallest absolute Gasteiger partial charge is 0.242 e. The largest absolute Gasteiger partial charge is 0.368 e. The maximum absolute atomic E-state index is 12.9. The molecule has 1 aliphatic heterocycles. The van der Waals surface area contributed by atoms with E-state index in [0.717, 1.165) is 55.3 Å². The van der Waals surface area contributed by atoms with E-state index >= 15 is 0 Å². The number of hydrogen-bond acceptors (Lipinski definition) is 3. The molecule has 5 heteroatoms. The third kappa shape index (κ3) is 3.87. The number of rotatable bonds is 5. The van der Waals surface area contributed by atoms with Crippen LogP contribution in [0.3, 0.4) is 0 Å². The Hall–Kier alpha value is -2.04. The summed E-state index contributed by atoms with van der Waals surface area (Å²) in [5, 5.41) is 3.97. The van der Waals surface area contributed by atoms with Crippen molar-refractivity contribution in [3.8, 4) is 0 Å². The minimum absolute atomic E-state index is 0.130. The van der Waals surface area contributed by atoms with E-state index in [1.807, 2.05) is 36.4 Å². The normalized spacial score (nSPS) is 19.2. The van der Waals surface area contributed by atoms with Crippen LogP contribution in [0, 0.1) is 0 Å². The fourth-order valence-corrected chi connectivity index (χ4v) is 3.86. The standard InChI is InChI=1S/C21H24ClN3O/c22-18-8-4-5-9-19(18)24-12-14-25(15-13-24)20(16-6-2-1-3-7-16)21(26)23-17-10-11-17/h1-9,17,20H,10-15H2,(H,23,26)/t20-/m0/s1. The van der Waals surface area contributed by atoms with Gasteiger partial charge in [-0.25, -0.2) is 0 Å². The maximum Gasteiger partial charge on any atom is 0.242 e. The molecule has 1 aliphatic carbocycles. The molecule has 0 spiro atoms. The summed E-state index contributed by atoms with van der Waals surface area (Å²) in [6.07, 6.45) is 2.21. The summed E-state index contributed by atoms with van der Waals surface area (Å²) in [7, 11) is 0. The lowest BCUT2D eigenvalue weighted by Gasteiger charge is -2.40. The molecule has 1 amide bonds. The molecule has 2 aromatic carbocycles. The molecule has 4 rings (SSSR count). The van der Waals surface area contributed by atoms with Gasteiger partial charge >= 0.3 is 0 Å². The fourth-order valence-electron chi connectivity index (χ4n) is 3.60. The summed E-state index contributed by atoms with van der Waals surface area (Å²) in [6, 6.07) is 18.2. The van der Waals surface area contributed by atoms with Crippen molar-refractivity contribution >= 4 is 23.2 Å². The highest BCUT2D eigenvalue weighted by molar-refractivity contribution is 6.33. The molecule has 2 fully saturated rings. The summed E-state index contributed by atoms with van der Waals surface area (Å²) in [5.74, 6) is 0.130. The highest BCUT2D eigenvalue weighted by Crippen LogP contribution is 2.29. The molecule has 1 saturated carbocycles. The minimum atomic E-state index is -0.217. The van der Waals surface area contributed by atoms with Gasteiger partial charge in [0.2, 0.25) is 5.91 Å². The topological polar surface area (TPSA) is 35.6 Å². The van der Waals surface area contributed by atoms with E-state index in [1.54, 1.807) is 0 Å². The van der Waals surface area contributed by atoms with Crippen molar-refractivity contribution in [2.75, 3.05) is 31.1 Å². The van der Waals surface area contributed by atoms with E-state index in [9.17, 15) is 4.79 Å². The van der Waals surface area contributed by atoms with Gasteiger partial charge in [0.25, 0.3) is 0 Å². The number of carbonyl (C=O) groups excluding carboxylic acids is 1. The number of benzene rings is 2. The average molecular weight is 370 g/mol. The zero-order valence-corrected chi connectivity index (χ0v) is 15.5. The van der Waals surface area contributed by atoms with Crippen molar-refractivity contribution in [1.82, 2.24) is 10.2 Å². The number of nitrogens with one attached hydrogen (secondary N) is 1. The first-order chi connectivity index (χ1) is 12.7. The van der Waals surface area contributed by atoms with Crippen LogP contribution in [0.1, 0.15) is 24.4 Å². The molecule has 4 nitrogen and oxygen atoms in total. The number of nitrogens with zero attached hydrogens (tertiary/aromatic N) is 2. The van der Waals surface area contributed by atoms with Crippen LogP contribution in [-0.4, -0.2) is 43.0 Å². The van der Waals surface area contributed by atoms with Gasteiger partial charge in [-0.05, 0) is 30.5 Å². The quantitative estimate of drug-likeness (QED) is 0.876. The Morgan fingerprint density at radius 3 is 2.27 bits per heavy atom. The molecule has 2 aliphatic rings. The zero-order chi connectivity index (χ0) is 17.9. The second kappa shape index (κ2) is 7.68. The maximum atomic E-state index is 12.9. The van der Waals surface area contributed by atoms with Gasteiger partial charge in [-0.3, -0.25) is 9.69 Å². The van der Waals surface area contributed by atoms with Crippen LogP contribution in [0.5, 0.6) is 0 Å². The molecule has 136 valence electrons. The van der Waals surface area contributed by atoms with E-state index in [2.05, 4.69) is 33.3 Å². The molecule has 1 heterocycles. The van der Waals surface area contributed by atoms with Crippen LogP contribution in [-0.2, 0) is 4.79 Å². The number of carbonyl (C=O) groups is 1. The fraction of sp³-hybridized carbons (Fsp3) is 0.381. The van der Waals surface area contributed by atoms with Crippen LogP contribution < -0.4 is 10.2 Å². The van der Waals surface area contributed by atoms with Crippen LogP contribution in [0.4, 0.5) is 5.69 Å². The van der Waals surface area contributed by atoms with Gasteiger partial charge in [0.05, 0.1) is 10.7 Å². The van der Waals surface area contributed by atoms with Crippen molar-refractivity contribution < 1.29 is 4.79 Å². The van der Waals surface area contributed by atoms with E-state index in [-0.39, 0.29) is 11.9 Å². The highest BCUT2D eigenvalue weighted by atomic mass is 35.5. The lowest BCUT2D eigenvalue weighted by molar-refractivity contribution is -0.127. The monoisotopic (exact) mass is 369 g/mol. The Bertz CT molecular complexity index is 755. The van der Waals surface area contributed by atoms with Gasteiger partial charge in [-0.15, -0.1) is 0 Å². The average Bonchev–Trinajstić information content (AvgIpc) is 3.48. The molecule has 2 aromatic rings. The number of amides is 1. The second-order valence-corrected chi connectivity index (χ2v) is 7.48. The third-order valence-electron chi connectivity index (χ3n) is 5.16. The first-order valence-electron chi connectivity index (χ1n) is 9.31. The molecule has 0 aromatic heterocycles. The van der Waals surface area contributed by atoms with Gasteiger partial charge in [0.1, 0.15) is 6.04 Å². The van der Waals surface area contributed by atoms with Crippen molar-refractivity contribution in [3.63, 3.8) is 0 Å². The third-order valence-corrected chi connectivity index (χ3v) is 5.48. The molecule has 1 N–H and O–H groups in total. The molecule has 1 atom stereocenters. The van der Waals surface area contributed by atoms with E-state index < -0.39 is 0 Å². The molecular formula is C21H24ClN3O. The summed E-state index contributed by atoms with van der Waals surface area (Å²) in [5.41, 5.74) is 2.14. The zero-order valence-electron chi connectivity index (χ0n) is 14.8. The first kappa shape index (κ1) is 17.4. The van der Waals surface area contributed by atoms with Gasteiger partial charge in [0, 0.05) is 32.2 Å². The predicted octanol–water partition coefficient (Wildman–Crippen LogP) is 3.48.